The number of aliphatic carboxylic acids is 1. The van der Waals surface area contributed by atoms with E-state index in [9.17, 15) is 18.7 Å². The highest BCUT2D eigenvalue weighted by Gasteiger charge is 2.26. The van der Waals surface area contributed by atoms with Crippen LogP contribution in [0.25, 0.3) is 10.8 Å². The van der Waals surface area contributed by atoms with Crippen LogP contribution in [-0.2, 0) is 11.2 Å². The van der Waals surface area contributed by atoms with E-state index in [1.165, 1.54) is 12.1 Å². The first-order chi connectivity index (χ1) is 9.61. The van der Waals surface area contributed by atoms with Gasteiger partial charge in [0.15, 0.2) is 11.6 Å². The van der Waals surface area contributed by atoms with Crippen LogP contribution in [0, 0.1) is 11.6 Å². The average molecular weight is 310 g/mol. The van der Waals surface area contributed by atoms with E-state index in [1.807, 2.05) is 19.6 Å². The van der Waals surface area contributed by atoms with Crippen LogP contribution < -0.4 is 5.19 Å². The lowest BCUT2D eigenvalue weighted by Gasteiger charge is -2.19. The predicted octanol–water partition coefficient (Wildman–Crippen LogP) is 3.00. The van der Waals surface area contributed by atoms with Gasteiger partial charge in [0.1, 0.15) is 5.75 Å². The second kappa shape index (κ2) is 5.11. The van der Waals surface area contributed by atoms with Crippen molar-refractivity contribution < 1.29 is 23.8 Å². The minimum atomic E-state index is -2.11. The summed E-state index contributed by atoms with van der Waals surface area (Å²) >= 11 is 0. The zero-order valence-electron chi connectivity index (χ0n) is 12.0. The second-order valence-corrected chi connectivity index (χ2v) is 11.1. The van der Waals surface area contributed by atoms with Crippen molar-refractivity contribution in [2.45, 2.75) is 26.1 Å². The Balaban J connectivity index is 2.79. The zero-order chi connectivity index (χ0) is 15.9. The predicted molar refractivity (Wildman–Crippen MR) is 79.8 cm³/mol. The number of hydrogen-bond donors (Lipinski definition) is 2. The van der Waals surface area contributed by atoms with Gasteiger partial charge in [0, 0.05) is 0 Å². The molecule has 21 heavy (non-hydrogen) atoms. The first-order valence-corrected chi connectivity index (χ1v) is 9.97. The molecule has 0 aliphatic carbocycles. The number of rotatable bonds is 3. The van der Waals surface area contributed by atoms with Gasteiger partial charge in [0.05, 0.1) is 19.9 Å². The molecule has 2 N–H and O–H groups in total. The summed E-state index contributed by atoms with van der Waals surface area (Å²) in [5.74, 6) is -3.50. The Bertz CT molecular complexity index is 736. The fourth-order valence-electron chi connectivity index (χ4n) is 2.33. The SMILES string of the molecule is C[Si](C)(C)c1cc2cc(CC(=O)O)cc(O)c2c(F)c1F. The van der Waals surface area contributed by atoms with Gasteiger partial charge in [-0.2, -0.15) is 0 Å². The highest BCUT2D eigenvalue weighted by Crippen LogP contribution is 2.30. The van der Waals surface area contributed by atoms with Crippen LogP contribution in [0.15, 0.2) is 18.2 Å². The van der Waals surface area contributed by atoms with E-state index in [-0.39, 0.29) is 11.8 Å². The molecule has 0 atom stereocenters. The maximum Gasteiger partial charge on any atom is 0.307 e. The Hall–Kier alpha value is -1.95. The fourth-order valence-corrected chi connectivity index (χ4v) is 3.69. The molecular weight excluding hydrogens is 294 g/mol. The van der Waals surface area contributed by atoms with Crippen LogP contribution >= 0.6 is 0 Å². The first-order valence-electron chi connectivity index (χ1n) is 6.47. The van der Waals surface area contributed by atoms with E-state index in [2.05, 4.69) is 0 Å². The topological polar surface area (TPSA) is 57.5 Å². The first kappa shape index (κ1) is 15.4. The molecule has 0 aliphatic rings. The number of phenols is 1. The number of hydrogen-bond acceptors (Lipinski definition) is 2. The third-order valence-corrected chi connectivity index (χ3v) is 5.30. The van der Waals surface area contributed by atoms with Gasteiger partial charge in [-0.15, -0.1) is 0 Å². The summed E-state index contributed by atoms with van der Waals surface area (Å²) in [5.41, 5.74) is 0.347. The van der Waals surface area contributed by atoms with Crippen LogP contribution in [0.3, 0.4) is 0 Å². The molecule has 6 heteroatoms. The number of phenolic OH excluding ortho intramolecular Hbond substituents is 1. The normalized spacial score (nSPS) is 11.9. The van der Waals surface area contributed by atoms with Gasteiger partial charge in [-0.25, -0.2) is 8.78 Å². The quantitative estimate of drug-likeness (QED) is 0.857. The Kier molecular flexibility index (Phi) is 3.75. The summed E-state index contributed by atoms with van der Waals surface area (Å²) in [6, 6.07) is 4.16. The lowest BCUT2D eigenvalue weighted by Crippen LogP contribution is -2.40. The lowest BCUT2D eigenvalue weighted by atomic mass is 10.0. The number of carboxylic acids is 1. The highest BCUT2D eigenvalue weighted by molar-refractivity contribution is 6.88. The van der Waals surface area contributed by atoms with E-state index in [1.54, 1.807) is 0 Å². The molecule has 0 radical (unpaired) electrons. The number of fused-ring (bicyclic) bond motifs is 1. The molecule has 0 aliphatic heterocycles. The molecule has 2 aromatic rings. The number of aromatic hydroxyl groups is 1. The number of halogens is 2. The minimum Gasteiger partial charge on any atom is -0.507 e. The number of carboxylic acid groups (broad SMARTS) is 1. The van der Waals surface area contributed by atoms with E-state index in [4.69, 9.17) is 5.11 Å². The van der Waals surface area contributed by atoms with Crippen LogP contribution in [0.2, 0.25) is 19.6 Å². The van der Waals surface area contributed by atoms with E-state index < -0.39 is 31.4 Å². The van der Waals surface area contributed by atoms with Crippen LogP contribution in [0.4, 0.5) is 8.78 Å². The molecule has 0 heterocycles. The van der Waals surface area contributed by atoms with Crippen molar-refractivity contribution >= 4 is 30.0 Å². The summed E-state index contributed by atoms with van der Waals surface area (Å²) in [4.78, 5) is 10.8. The van der Waals surface area contributed by atoms with Crippen molar-refractivity contribution in [3.05, 3.63) is 35.4 Å². The van der Waals surface area contributed by atoms with Crippen LogP contribution in [0.5, 0.6) is 5.75 Å². The molecule has 0 spiro atoms. The molecule has 0 fully saturated rings. The van der Waals surface area contributed by atoms with Gasteiger partial charge in [0.2, 0.25) is 0 Å². The average Bonchev–Trinajstić information content (AvgIpc) is 2.30. The van der Waals surface area contributed by atoms with Crippen LogP contribution in [0.1, 0.15) is 5.56 Å². The zero-order valence-corrected chi connectivity index (χ0v) is 13.0. The molecular formula is C15H16F2O3Si. The molecule has 0 saturated heterocycles. The molecule has 2 rings (SSSR count). The van der Waals surface area contributed by atoms with E-state index in [0.717, 1.165) is 6.07 Å². The molecule has 0 amide bonds. The Morgan fingerprint density at radius 1 is 1.14 bits per heavy atom. The summed E-state index contributed by atoms with van der Waals surface area (Å²) in [6.07, 6.45) is -0.287. The molecule has 2 aromatic carbocycles. The molecule has 0 bridgehead atoms. The summed E-state index contributed by atoms with van der Waals surface area (Å²) in [7, 11) is -2.11. The van der Waals surface area contributed by atoms with Crippen molar-refractivity contribution in [2.24, 2.45) is 0 Å². The summed E-state index contributed by atoms with van der Waals surface area (Å²) < 4.78 is 28.4. The van der Waals surface area contributed by atoms with Gasteiger partial charge in [0.25, 0.3) is 0 Å². The maximum atomic E-state index is 14.2. The minimum absolute atomic E-state index is 0.205. The van der Waals surface area contributed by atoms with Crippen molar-refractivity contribution in [3.8, 4) is 5.75 Å². The van der Waals surface area contributed by atoms with Gasteiger partial charge in [-0.1, -0.05) is 31.8 Å². The highest BCUT2D eigenvalue weighted by atomic mass is 28.3. The smallest absolute Gasteiger partial charge is 0.307 e. The summed E-state index contributed by atoms with van der Waals surface area (Å²) in [5, 5.41) is 19.1. The van der Waals surface area contributed by atoms with E-state index >= 15 is 0 Å². The summed E-state index contributed by atoms with van der Waals surface area (Å²) in [6.45, 7) is 5.66. The molecule has 0 saturated carbocycles. The van der Waals surface area contributed by atoms with Gasteiger partial charge >= 0.3 is 5.97 Å². The maximum absolute atomic E-state index is 14.2. The molecule has 112 valence electrons. The van der Waals surface area contributed by atoms with Gasteiger partial charge in [-0.05, 0) is 22.2 Å². The number of carbonyl (C=O) groups is 1. The van der Waals surface area contributed by atoms with E-state index in [0.29, 0.717) is 16.1 Å². The van der Waals surface area contributed by atoms with Crippen molar-refractivity contribution in [1.82, 2.24) is 0 Å². The third kappa shape index (κ3) is 2.90. The molecule has 3 nitrogen and oxygen atoms in total. The van der Waals surface area contributed by atoms with Crippen LogP contribution in [-0.4, -0.2) is 24.3 Å². The standard InChI is InChI=1S/C15H16F2O3Si/c1-21(2,3)11-7-9-4-8(6-12(19)20)5-10(18)13(9)15(17)14(11)16/h4-5,7,18H,6H2,1-3H3,(H,19,20). The fraction of sp³-hybridized carbons (Fsp3) is 0.267. The molecule has 0 unspecified atom stereocenters. The third-order valence-electron chi connectivity index (χ3n) is 3.32. The molecule has 0 aromatic heterocycles. The second-order valence-electron chi connectivity index (χ2n) is 6.09. The Morgan fingerprint density at radius 3 is 2.29 bits per heavy atom. The van der Waals surface area contributed by atoms with Gasteiger partial charge < -0.3 is 10.2 Å². The van der Waals surface area contributed by atoms with Crippen molar-refractivity contribution in [3.63, 3.8) is 0 Å². The number of benzene rings is 2. The largest absolute Gasteiger partial charge is 0.507 e. The monoisotopic (exact) mass is 310 g/mol. The Labute approximate surface area is 121 Å². The Morgan fingerprint density at radius 2 is 1.76 bits per heavy atom. The lowest BCUT2D eigenvalue weighted by molar-refractivity contribution is -0.136. The van der Waals surface area contributed by atoms with Crippen molar-refractivity contribution in [1.29, 1.82) is 0 Å². The van der Waals surface area contributed by atoms with Crippen molar-refractivity contribution in [2.75, 3.05) is 0 Å². The van der Waals surface area contributed by atoms with Gasteiger partial charge in [-0.3, -0.25) is 4.79 Å².